The minimum absolute atomic E-state index is 0.665. The van der Waals surface area contributed by atoms with Crippen LogP contribution in [0.4, 0.5) is 0 Å². The first-order valence-electron chi connectivity index (χ1n) is 8.01. The highest BCUT2D eigenvalue weighted by Gasteiger charge is 2.15. The van der Waals surface area contributed by atoms with Crippen molar-refractivity contribution >= 4 is 37.5 Å². The zero-order chi connectivity index (χ0) is 17.3. The van der Waals surface area contributed by atoms with Gasteiger partial charge in [0, 0.05) is 11.4 Å². The molecule has 2 aromatic carbocycles. The van der Waals surface area contributed by atoms with Crippen molar-refractivity contribution in [1.82, 2.24) is 9.13 Å². The minimum atomic E-state index is 0.665. The van der Waals surface area contributed by atoms with E-state index in [9.17, 15) is 0 Å². The van der Waals surface area contributed by atoms with Crippen LogP contribution in [0.5, 0.6) is 0 Å². The van der Waals surface area contributed by atoms with E-state index in [-0.39, 0.29) is 0 Å². The Hall–Kier alpha value is -1.43. The molecule has 1 heterocycles. The SMILES string of the molecule is CCc1ccc(-n2c(S)c(S)n(-c3ccc(CC)cc3)c2=S)cc1. The van der Waals surface area contributed by atoms with Crippen LogP contribution in [0.3, 0.4) is 0 Å². The monoisotopic (exact) mass is 372 g/mol. The van der Waals surface area contributed by atoms with Crippen LogP contribution in [-0.2, 0) is 12.8 Å². The Bertz CT molecular complexity index is 830. The van der Waals surface area contributed by atoms with Crippen molar-refractivity contribution < 1.29 is 0 Å². The highest BCUT2D eigenvalue weighted by atomic mass is 32.1. The Labute approximate surface area is 159 Å². The summed E-state index contributed by atoms with van der Waals surface area (Å²) >= 11 is 15.0. The number of thiol groups is 2. The number of benzene rings is 2. The zero-order valence-corrected chi connectivity index (χ0v) is 16.3. The van der Waals surface area contributed by atoms with Crippen LogP contribution in [0.1, 0.15) is 25.0 Å². The van der Waals surface area contributed by atoms with Gasteiger partial charge in [-0.15, -0.1) is 25.3 Å². The minimum Gasteiger partial charge on any atom is -0.279 e. The molecular formula is C19H20N2S3. The molecule has 24 heavy (non-hydrogen) atoms. The van der Waals surface area contributed by atoms with E-state index in [0.717, 1.165) is 34.3 Å². The van der Waals surface area contributed by atoms with Gasteiger partial charge < -0.3 is 0 Å². The Morgan fingerprint density at radius 3 is 1.33 bits per heavy atom. The average molecular weight is 373 g/mol. The molecular weight excluding hydrogens is 352 g/mol. The lowest BCUT2D eigenvalue weighted by atomic mass is 10.1. The average Bonchev–Trinajstić information content (AvgIpc) is 2.84. The summed E-state index contributed by atoms with van der Waals surface area (Å²) in [5, 5.41) is 1.49. The topological polar surface area (TPSA) is 9.86 Å². The van der Waals surface area contributed by atoms with Crippen molar-refractivity contribution in [3.63, 3.8) is 0 Å². The Morgan fingerprint density at radius 1 is 0.708 bits per heavy atom. The van der Waals surface area contributed by atoms with Gasteiger partial charge in [0.15, 0.2) is 4.77 Å². The molecule has 0 spiro atoms. The molecule has 3 rings (SSSR count). The molecule has 0 atom stereocenters. The maximum Gasteiger partial charge on any atom is 0.190 e. The van der Waals surface area contributed by atoms with Crippen LogP contribution in [0.15, 0.2) is 58.6 Å². The summed E-state index contributed by atoms with van der Waals surface area (Å²) in [6, 6.07) is 16.8. The van der Waals surface area contributed by atoms with E-state index in [1.807, 2.05) is 9.13 Å². The first-order chi connectivity index (χ1) is 11.6. The molecule has 0 saturated carbocycles. The number of rotatable bonds is 4. The third kappa shape index (κ3) is 3.08. The summed E-state index contributed by atoms with van der Waals surface area (Å²) in [7, 11) is 0. The van der Waals surface area contributed by atoms with E-state index < -0.39 is 0 Å². The number of aromatic nitrogens is 2. The van der Waals surface area contributed by atoms with E-state index in [1.54, 1.807) is 0 Å². The van der Waals surface area contributed by atoms with E-state index in [2.05, 4.69) is 87.6 Å². The summed E-state index contributed by atoms with van der Waals surface area (Å²) in [6.45, 7) is 4.29. The van der Waals surface area contributed by atoms with E-state index in [1.165, 1.54) is 11.1 Å². The molecule has 0 aliphatic rings. The summed E-state index contributed by atoms with van der Waals surface area (Å²) in [4.78, 5) is 0. The Balaban J connectivity index is 2.14. The zero-order valence-electron chi connectivity index (χ0n) is 13.7. The normalized spacial score (nSPS) is 11.0. The lowest BCUT2D eigenvalue weighted by Crippen LogP contribution is -1.99. The van der Waals surface area contributed by atoms with Gasteiger partial charge in [0.2, 0.25) is 0 Å². The fourth-order valence-corrected chi connectivity index (χ4v) is 3.86. The largest absolute Gasteiger partial charge is 0.279 e. The summed E-state index contributed by atoms with van der Waals surface area (Å²) < 4.78 is 4.57. The van der Waals surface area contributed by atoms with E-state index in [4.69, 9.17) is 12.2 Å². The number of hydrogen-bond acceptors (Lipinski definition) is 3. The Kier molecular flexibility index (Phi) is 5.23. The van der Waals surface area contributed by atoms with E-state index in [0.29, 0.717) is 4.77 Å². The molecule has 2 nitrogen and oxygen atoms in total. The van der Waals surface area contributed by atoms with Crippen molar-refractivity contribution in [2.75, 3.05) is 0 Å². The molecule has 3 aromatic rings. The molecule has 0 bridgehead atoms. The van der Waals surface area contributed by atoms with Crippen LogP contribution in [0.25, 0.3) is 11.4 Å². The van der Waals surface area contributed by atoms with Gasteiger partial charge in [-0.05, 0) is 60.5 Å². The maximum atomic E-state index is 5.71. The molecule has 0 N–H and O–H groups in total. The lowest BCUT2D eigenvalue weighted by Gasteiger charge is -2.07. The third-order valence-corrected chi connectivity index (χ3v) is 5.58. The van der Waals surface area contributed by atoms with Crippen molar-refractivity contribution in [3.05, 3.63) is 64.4 Å². The van der Waals surface area contributed by atoms with Gasteiger partial charge >= 0.3 is 0 Å². The van der Waals surface area contributed by atoms with Gasteiger partial charge in [0.1, 0.15) is 10.1 Å². The molecule has 0 fully saturated rings. The first-order valence-corrected chi connectivity index (χ1v) is 9.31. The second-order valence-corrected chi connectivity index (χ2v) is 6.85. The van der Waals surface area contributed by atoms with E-state index >= 15 is 0 Å². The van der Waals surface area contributed by atoms with Crippen LogP contribution in [0.2, 0.25) is 0 Å². The van der Waals surface area contributed by atoms with Crippen LogP contribution in [-0.4, -0.2) is 9.13 Å². The molecule has 0 aliphatic carbocycles. The third-order valence-electron chi connectivity index (χ3n) is 4.21. The Morgan fingerprint density at radius 2 is 1.04 bits per heavy atom. The predicted octanol–water partition coefficient (Wildman–Crippen LogP) is 5.70. The van der Waals surface area contributed by atoms with Crippen molar-refractivity contribution in [2.45, 2.75) is 36.7 Å². The van der Waals surface area contributed by atoms with Gasteiger partial charge in [-0.3, -0.25) is 9.13 Å². The molecule has 0 amide bonds. The lowest BCUT2D eigenvalue weighted by molar-refractivity contribution is 0.910. The number of nitrogens with zero attached hydrogens (tertiary/aromatic N) is 2. The number of aryl methyl sites for hydroxylation is 2. The first kappa shape index (κ1) is 17.4. The predicted molar refractivity (Wildman–Crippen MR) is 109 cm³/mol. The van der Waals surface area contributed by atoms with Crippen molar-refractivity contribution in [1.29, 1.82) is 0 Å². The van der Waals surface area contributed by atoms with Crippen LogP contribution >= 0.6 is 37.5 Å². The standard InChI is InChI=1S/C19H20N2S3/c1-3-13-5-9-15(10-6-13)20-17(22)18(23)21(19(20)24)16-11-7-14(4-2)8-12-16/h5-12,22-23H,3-4H2,1-2H3. The van der Waals surface area contributed by atoms with Gasteiger partial charge in [-0.1, -0.05) is 38.1 Å². The molecule has 0 unspecified atom stereocenters. The number of imidazole rings is 1. The van der Waals surface area contributed by atoms with Crippen LogP contribution in [0, 0.1) is 4.77 Å². The molecule has 0 saturated heterocycles. The highest BCUT2D eigenvalue weighted by molar-refractivity contribution is 7.83. The fraction of sp³-hybridized carbons (Fsp3) is 0.211. The maximum absolute atomic E-state index is 5.71. The van der Waals surface area contributed by atoms with Crippen LogP contribution < -0.4 is 0 Å². The smallest absolute Gasteiger partial charge is 0.190 e. The summed E-state index contributed by atoms with van der Waals surface area (Å²) in [5.41, 5.74) is 4.60. The molecule has 124 valence electrons. The molecule has 0 aliphatic heterocycles. The quantitative estimate of drug-likeness (QED) is 0.441. The van der Waals surface area contributed by atoms with Gasteiger partial charge in [0.05, 0.1) is 0 Å². The fourth-order valence-electron chi connectivity index (χ4n) is 2.71. The van der Waals surface area contributed by atoms with Gasteiger partial charge in [0.25, 0.3) is 0 Å². The molecule has 0 radical (unpaired) electrons. The highest BCUT2D eigenvalue weighted by Crippen LogP contribution is 2.28. The summed E-state index contributed by atoms with van der Waals surface area (Å²) in [5.74, 6) is 0. The van der Waals surface area contributed by atoms with Gasteiger partial charge in [-0.2, -0.15) is 0 Å². The summed E-state index contributed by atoms with van der Waals surface area (Å²) in [6.07, 6.45) is 2.03. The van der Waals surface area contributed by atoms with Crippen molar-refractivity contribution in [2.24, 2.45) is 0 Å². The second kappa shape index (κ2) is 7.21. The molecule has 5 heteroatoms. The number of hydrogen-bond donors (Lipinski definition) is 2. The second-order valence-electron chi connectivity index (χ2n) is 5.64. The van der Waals surface area contributed by atoms with Gasteiger partial charge in [-0.25, -0.2) is 0 Å². The molecule has 1 aromatic heterocycles. The van der Waals surface area contributed by atoms with Crippen molar-refractivity contribution in [3.8, 4) is 11.4 Å².